The maximum atomic E-state index is 12.5. The highest BCUT2D eigenvalue weighted by atomic mass is 79.9. The summed E-state index contributed by atoms with van der Waals surface area (Å²) in [5.41, 5.74) is 1.19. The number of carbonyl (C=O) groups excluding carboxylic acids is 2. The molecule has 0 aliphatic heterocycles. The topological polar surface area (TPSA) is 89.6 Å². The van der Waals surface area contributed by atoms with E-state index in [4.69, 9.17) is 4.74 Å². The minimum Gasteiger partial charge on any atom is -0.484 e. The van der Waals surface area contributed by atoms with E-state index in [0.29, 0.717) is 5.01 Å². The van der Waals surface area contributed by atoms with Gasteiger partial charge in [-0.25, -0.2) is 4.98 Å². The lowest BCUT2D eigenvalue weighted by Gasteiger charge is -2.13. The molecule has 0 radical (unpaired) electrons. The zero-order valence-electron chi connectivity index (χ0n) is 17.7. The molecule has 0 bridgehead atoms. The highest BCUT2D eigenvalue weighted by Crippen LogP contribution is 2.24. The van der Waals surface area contributed by atoms with Gasteiger partial charge in [0.25, 0.3) is 11.8 Å². The molecule has 2 aromatic carbocycles. The summed E-state index contributed by atoms with van der Waals surface area (Å²) < 4.78 is 46.5. The largest absolute Gasteiger partial charge is 0.573 e. The van der Waals surface area contributed by atoms with Crippen molar-refractivity contribution in [2.24, 2.45) is 0 Å². The fraction of sp³-hybridized carbons (Fsp3) is 0.227. The van der Waals surface area contributed by atoms with Gasteiger partial charge in [-0.3, -0.25) is 9.59 Å². The Morgan fingerprint density at radius 2 is 1.74 bits per heavy atom. The van der Waals surface area contributed by atoms with Crippen LogP contribution in [-0.4, -0.2) is 29.8 Å². The molecule has 0 saturated carbocycles. The second-order valence-corrected chi connectivity index (χ2v) is 8.82. The molecule has 0 spiro atoms. The molecule has 0 aliphatic carbocycles. The third-order valence-corrected chi connectivity index (χ3v) is 5.74. The maximum absolute atomic E-state index is 12.5. The first-order chi connectivity index (χ1) is 16.1. The van der Waals surface area contributed by atoms with E-state index in [1.54, 1.807) is 5.38 Å². The van der Waals surface area contributed by atoms with Crippen LogP contribution in [0.3, 0.4) is 0 Å². The summed E-state index contributed by atoms with van der Waals surface area (Å²) in [5.74, 6) is -0.969. The van der Waals surface area contributed by atoms with Gasteiger partial charge >= 0.3 is 6.36 Å². The van der Waals surface area contributed by atoms with Crippen molar-refractivity contribution < 1.29 is 32.2 Å². The van der Waals surface area contributed by atoms with Crippen LogP contribution in [0.5, 0.6) is 11.5 Å². The van der Waals surface area contributed by atoms with Crippen LogP contribution < -0.4 is 20.1 Å². The van der Waals surface area contributed by atoms with Crippen molar-refractivity contribution in [1.82, 2.24) is 15.6 Å². The number of thiazole rings is 1. The number of hydrogen-bond acceptors (Lipinski definition) is 6. The van der Waals surface area contributed by atoms with Crippen LogP contribution >= 0.6 is 27.3 Å². The normalized spacial score (nSPS) is 12.0. The minimum absolute atomic E-state index is 0.0980. The number of rotatable bonds is 9. The van der Waals surface area contributed by atoms with Crippen LogP contribution in [-0.2, 0) is 11.3 Å². The van der Waals surface area contributed by atoms with Crippen molar-refractivity contribution in [3.05, 3.63) is 74.6 Å². The molecule has 0 aliphatic rings. The molecular formula is C22H19BrF3N3O4S. The average Bonchev–Trinajstić information content (AvgIpc) is 3.26. The lowest BCUT2D eigenvalue weighted by atomic mass is 10.1. The highest BCUT2D eigenvalue weighted by Gasteiger charge is 2.31. The fourth-order valence-corrected chi connectivity index (χ4v) is 3.69. The standard InChI is InChI=1S/C22H19BrF3N3O4S/c1-13(14-2-4-15(23)5-3-14)28-21(31)18-12-34-20(29-18)10-27-19(30)11-32-16-6-8-17(9-7-16)33-22(24,25)26/h2-9,12-13H,10-11H2,1H3,(H,27,30)(H,28,31). The first-order valence-corrected chi connectivity index (χ1v) is 11.5. The van der Waals surface area contributed by atoms with E-state index in [1.165, 1.54) is 23.5 Å². The number of amides is 2. The molecule has 7 nitrogen and oxygen atoms in total. The summed E-state index contributed by atoms with van der Waals surface area (Å²) in [6.07, 6.45) is -4.78. The van der Waals surface area contributed by atoms with E-state index in [2.05, 4.69) is 36.3 Å². The molecule has 2 N–H and O–H groups in total. The van der Waals surface area contributed by atoms with Crippen molar-refractivity contribution in [3.8, 4) is 11.5 Å². The molecule has 0 saturated heterocycles. The fourth-order valence-electron chi connectivity index (χ4n) is 2.71. The SMILES string of the molecule is CC(NC(=O)c1csc(CNC(=O)COc2ccc(OC(F)(F)F)cc2)n1)c1ccc(Br)cc1. The Morgan fingerprint density at radius 3 is 2.38 bits per heavy atom. The van der Waals surface area contributed by atoms with E-state index >= 15 is 0 Å². The first-order valence-electron chi connectivity index (χ1n) is 9.85. The Kier molecular flexibility index (Phi) is 8.51. The second kappa shape index (κ2) is 11.3. The van der Waals surface area contributed by atoms with Gasteiger partial charge in [0, 0.05) is 9.85 Å². The summed E-state index contributed by atoms with van der Waals surface area (Å²) in [7, 11) is 0. The molecule has 1 atom stereocenters. The number of ether oxygens (including phenoxy) is 2. The number of nitrogens with zero attached hydrogens (tertiary/aromatic N) is 1. The third kappa shape index (κ3) is 8.03. The monoisotopic (exact) mass is 557 g/mol. The summed E-state index contributed by atoms with van der Waals surface area (Å²) in [6.45, 7) is 1.62. The van der Waals surface area contributed by atoms with Crippen molar-refractivity contribution in [3.63, 3.8) is 0 Å². The zero-order chi connectivity index (χ0) is 24.7. The minimum atomic E-state index is -4.78. The molecule has 1 aromatic heterocycles. The first kappa shape index (κ1) is 25.5. The lowest BCUT2D eigenvalue weighted by molar-refractivity contribution is -0.274. The van der Waals surface area contributed by atoms with Gasteiger partial charge in [0.05, 0.1) is 12.6 Å². The van der Waals surface area contributed by atoms with Crippen molar-refractivity contribution in [2.45, 2.75) is 25.9 Å². The van der Waals surface area contributed by atoms with Crippen molar-refractivity contribution in [1.29, 1.82) is 0 Å². The van der Waals surface area contributed by atoms with Crippen LogP contribution in [0.15, 0.2) is 58.4 Å². The average molecular weight is 558 g/mol. The molecule has 180 valence electrons. The van der Waals surface area contributed by atoms with Gasteiger partial charge in [-0.15, -0.1) is 24.5 Å². The Morgan fingerprint density at radius 1 is 1.09 bits per heavy atom. The van der Waals surface area contributed by atoms with Crippen LogP contribution in [0.2, 0.25) is 0 Å². The second-order valence-electron chi connectivity index (χ2n) is 6.96. The third-order valence-electron chi connectivity index (χ3n) is 4.37. The maximum Gasteiger partial charge on any atom is 0.573 e. The van der Waals surface area contributed by atoms with Gasteiger partial charge in [-0.1, -0.05) is 28.1 Å². The van der Waals surface area contributed by atoms with Gasteiger partial charge in [0.2, 0.25) is 0 Å². The molecule has 34 heavy (non-hydrogen) atoms. The summed E-state index contributed by atoms with van der Waals surface area (Å²) >= 11 is 4.60. The zero-order valence-corrected chi connectivity index (χ0v) is 20.1. The Hall–Kier alpha value is -3.12. The van der Waals surface area contributed by atoms with Gasteiger partial charge in [-0.05, 0) is 48.9 Å². The quantitative estimate of drug-likeness (QED) is 0.387. The van der Waals surface area contributed by atoms with Gasteiger partial charge in [-0.2, -0.15) is 0 Å². The summed E-state index contributed by atoms with van der Waals surface area (Å²) in [4.78, 5) is 28.7. The van der Waals surface area contributed by atoms with Crippen molar-refractivity contribution >= 4 is 39.1 Å². The number of nitrogens with one attached hydrogen (secondary N) is 2. The van der Waals surface area contributed by atoms with Crippen LogP contribution in [0.25, 0.3) is 0 Å². The molecular weight excluding hydrogens is 539 g/mol. The van der Waals surface area contributed by atoms with E-state index in [1.807, 2.05) is 31.2 Å². The lowest BCUT2D eigenvalue weighted by Crippen LogP contribution is -2.29. The van der Waals surface area contributed by atoms with Crippen molar-refractivity contribution in [2.75, 3.05) is 6.61 Å². The predicted molar refractivity (Wildman–Crippen MR) is 123 cm³/mol. The molecule has 2 amide bonds. The molecule has 3 rings (SSSR count). The number of halogens is 4. The Labute approximate surface area is 205 Å². The number of carbonyl (C=O) groups is 2. The Bertz CT molecular complexity index is 1120. The summed E-state index contributed by atoms with van der Waals surface area (Å²) in [5, 5.41) is 7.62. The van der Waals surface area contributed by atoms with Crippen LogP contribution in [0.4, 0.5) is 13.2 Å². The van der Waals surface area contributed by atoms with E-state index < -0.39 is 12.3 Å². The van der Waals surface area contributed by atoms with Crippen LogP contribution in [0.1, 0.15) is 34.0 Å². The van der Waals surface area contributed by atoms with Gasteiger partial charge in [0.1, 0.15) is 22.2 Å². The smallest absolute Gasteiger partial charge is 0.484 e. The predicted octanol–water partition coefficient (Wildman–Crippen LogP) is 4.99. The molecule has 12 heteroatoms. The number of hydrogen-bond donors (Lipinski definition) is 2. The van der Waals surface area contributed by atoms with E-state index in [-0.39, 0.29) is 42.3 Å². The Balaban J connectivity index is 1.43. The summed E-state index contributed by atoms with van der Waals surface area (Å²) in [6, 6.07) is 12.1. The number of benzene rings is 2. The molecule has 0 fully saturated rings. The highest BCUT2D eigenvalue weighted by molar-refractivity contribution is 9.10. The van der Waals surface area contributed by atoms with E-state index in [0.717, 1.165) is 22.2 Å². The van der Waals surface area contributed by atoms with Gasteiger partial charge in [0.15, 0.2) is 6.61 Å². The number of alkyl halides is 3. The number of aromatic nitrogens is 1. The molecule has 1 unspecified atom stereocenters. The molecule has 3 aromatic rings. The van der Waals surface area contributed by atoms with Crippen LogP contribution in [0, 0.1) is 0 Å². The van der Waals surface area contributed by atoms with E-state index in [9.17, 15) is 22.8 Å². The van der Waals surface area contributed by atoms with Gasteiger partial charge < -0.3 is 20.1 Å². The molecule has 1 heterocycles.